The zero-order chi connectivity index (χ0) is 9.90. The van der Waals surface area contributed by atoms with Crippen LogP contribution in [0.3, 0.4) is 0 Å². The Kier molecular flexibility index (Phi) is 3.93. The van der Waals surface area contributed by atoms with Crippen LogP contribution in [0.2, 0.25) is 0 Å². The SMILES string of the molecule is CN(C)P(=S)(Cl)Cc1ccccc1. The highest BCUT2D eigenvalue weighted by molar-refractivity contribution is 8.25. The second-order valence-electron chi connectivity index (χ2n) is 3.11. The molecule has 0 amide bonds. The Labute approximate surface area is 89.6 Å². The first kappa shape index (κ1) is 11.2. The van der Waals surface area contributed by atoms with Crippen LogP contribution in [0.5, 0.6) is 0 Å². The van der Waals surface area contributed by atoms with E-state index in [9.17, 15) is 0 Å². The van der Waals surface area contributed by atoms with Gasteiger partial charge in [-0.15, -0.1) is 0 Å². The molecule has 1 unspecified atom stereocenters. The van der Waals surface area contributed by atoms with Gasteiger partial charge in [-0.1, -0.05) is 53.4 Å². The third-order valence-corrected chi connectivity index (χ3v) is 6.40. The molecule has 0 spiro atoms. The summed E-state index contributed by atoms with van der Waals surface area (Å²) in [5, 5.41) is 0. The van der Waals surface area contributed by atoms with E-state index in [0.29, 0.717) is 0 Å². The molecule has 0 aliphatic rings. The summed E-state index contributed by atoms with van der Waals surface area (Å²) < 4.78 is 1.96. The van der Waals surface area contributed by atoms with Crippen LogP contribution in [-0.2, 0) is 18.0 Å². The molecule has 4 heteroatoms. The van der Waals surface area contributed by atoms with E-state index in [-0.39, 0.29) is 0 Å². The van der Waals surface area contributed by atoms with E-state index in [1.807, 2.05) is 37.0 Å². The second-order valence-corrected chi connectivity index (χ2v) is 9.55. The van der Waals surface area contributed by atoms with E-state index < -0.39 is 5.54 Å². The molecular weight excluding hydrogens is 221 g/mol. The second kappa shape index (κ2) is 4.56. The van der Waals surface area contributed by atoms with E-state index in [0.717, 1.165) is 6.16 Å². The first-order valence-electron chi connectivity index (χ1n) is 4.03. The molecule has 1 atom stereocenters. The first-order chi connectivity index (χ1) is 6.02. The van der Waals surface area contributed by atoms with E-state index in [1.54, 1.807) is 0 Å². The van der Waals surface area contributed by atoms with Crippen molar-refractivity contribution in [1.82, 2.24) is 4.67 Å². The van der Waals surface area contributed by atoms with Gasteiger partial charge in [0, 0.05) is 6.16 Å². The average Bonchev–Trinajstić information content (AvgIpc) is 2.05. The van der Waals surface area contributed by atoms with Crippen molar-refractivity contribution in [2.24, 2.45) is 0 Å². The van der Waals surface area contributed by atoms with Crippen LogP contribution >= 0.6 is 16.8 Å². The van der Waals surface area contributed by atoms with Gasteiger partial charge in [-0.25, -0.2) is 0 Å². The van der Waals surface area contributed by atoms with Crippen LogP contribution in [0.15, 0.2) is 30.3 Å². The molecule has 0 N–H and O–H groups in total. The van der Waals surface area contributed by atoms with Crippen molar-refractivity contribution < 1.29 is 0 Å². The van der Waals surface area contributed by atoms with Gasteiger partial charge in [-0.05, 0) is 19.7 Å². The molecule has 1 aromatic rings. The lowest BCUT2D eigenvalue weighted by molar-refractivity contribution is 0.683. The Morgan fingerprint density at radius 1 is 1.31 bits per heavy atom. The number of hydrogen-bond acceptors (Lipinski definition) is 1. The van der Waals surface area contributed by atoms with Gasteiger partial charge >= 0.3 is 0 Å². The van der Waals surface area contributed by atoms with E-state index in [1.165, 1.54) is 5.56 Å². The standard InChI is InChI=1S/C9H13ClNPS/c1-11(2)12(10,13)8-9-6-4-3-5-7-9/h3-7H,8H2,1-2H3. The zero-order valence-corrected chi connectivity index (χ0v) is 10.2. The van der Waals surface area contributed by atoms with Crippen LogP contribution in [0, 0.1) is 0 Å². The summed E-state index contributed by atoms with van der Waals surface area (Å²) in [7, 11) is 3.88. The van der Waals surface area contributed by atoms with Gasteiger partial charge in [-0.2, -0.15) is 0 Å². The fourth-order valence-electron chi connectivity index (χ4n) is 0.950. The molecule has 1 nitrogen and oxygen atoms in total. The minimum atomic E-state index is -1.85. The maximum Gasteiger partial charge on any atom is 0.102 e. The predicted octanol–water partition coefficient (Wildman–Crippen LogP) is 3.30. The summed E-state index contributed by atoms with van der Waals surface area (Å²) >= 11 is 11.6. The Bertz CT molecular complexity index is 313. The number of rotatable bonds is 3. The Hall–Kier alpha value is 0.120. The minimum absolute atomic E-state index is 0.789. The van der Waals surface area contributed by atoms with Gasteiger partial charge in [0.25, 0.3) is 0 Å². The molecule has 0 bridgehead atoms. The lowest BCUT2D eigenvalue weighted by Crippen LogP contribution is -2.05. The number of nitrogens with zero attached hydrogens (tertiary/aromatic N) is 1. The van der Waals surface area contributed by atoms with Crippen molar-refractivity contribution in [3.05, 3.63) is 35.9 Å². The van der Waals surface area contributed by atoms with Crippen molar-refractivity contribution in [3.63, 3.8) is 0 Å². The summed E-state index contributed by atoms with van der Waals surface area (Å²) in [5.41, 5.74) is -0.630. The maximum atomic E-state index is 6.26. The van der Waals surface area contributed by atoms with E-state index >= 15 is 0 Å². The van der Waals surface area contributed by atoms with Gasteiger partial charge in [0.05, 0.1) is 0 Å². The first-order valence-corrected chi connectivity index (χ1v) is 7.87. The summed E-state index contributed by atoms with van der Waals surface area (Å²) in [6, 6.07) is 10.1. The summed E-state index contributed by atoms with van der Waals surface area (Å²) in [6.45, 7) is 0. The molecule has 0 heterocycles. The number of hydrogen-bond donors (Lipinski definition) is 0. The van der Waals surface area contributed by atoms with Crippen LogP contribution in [0.25, 0.3) is 0 Å². The molecule has 0 aliphatic heterocycles. The van der Waals surface area contributed by atoms with Gasteiger partial charge < -0.3 is 0 Å². The molecule has 0 saturated heterocycles. The molecular formula is C9H13ClNPS. The molecule has 0 saturated carbocycles. The van der Waals surface area contributed by atoms with Gasteiger partial charge in [0.1, 0.15) is 5.54 Å². The molecule has 0 radical (unpaired) electrons. The van der Waals surface area contributed by atoms with Crippen LogP contribution in [0.4, 0.5) is 0 Å². The van der Waals surface area contributed by atoms with Crippen LogP contribution in [-0.4, -0.2) is 18.8 Å². The van der Waals surface area contributed by atoms with Gasteiger partial charge in [0.2, 0.25) is 0 Å². The average molecular weight is 234 g/mol. The Morgan fingerprint density at radius 2 is 1.85 bits per heavy atom. The largest absolute Gasteiger partial charge is 0.269 e. The normalized spacial score (nSPS) is 15.7. The quantitative estimate of drug-likeness (QED) is 0.737. The minimum Gasteiger partial charge on any atom is -0.269 e. The summed E-state index contributed by atoms with van der Waals surface area (Å²) in [4.78, 5) is 0. The molecule has 1 aromatic carbocycles. The Balaban J connectivity index is 2.76. The topological polar surface area (TPSA) is 3.24 Å². The van der Waals surface area contributed by atoms with Crippen LogP contribution < -0.4 is 0 Å². The highest BCUT2D eigenvalue weighted by Crippen LogP contribution is 2.56. The predicted molar refractivity (Wildman–Crippen MR) is 64.0 cm³/mol. The molecule has 0 aromatic heterocycles. The molecule has 13 heavy (non-hydrogen) atoms. The fourth-order valence-corrected chi connectivity index (χ4v) is 2.76. The molecule has 72 valence electrons. The lowest BCUT2D eigenvalue weighted by Gasteiger charge is -2.21. The number of halogens is 1. The highest BCUT2D eigenvalue weighted by Gasteiger charge is 2.15. The molecule has 0 aliphatic carbocycles. The van der Waals surface area contributed by atoms with Crippen molar-refractivity contribution in [3.8, 4) is 0 Å². The third-order valence-electron chi connectivity index (χ3n) is 1.82. The summed E-state index contributed by atoms with van der Waals surface area (Å²) in [6.07, 6.45) is 0.789. The van der Waals surface area contributed by atoms with Crippen LogP contribution in [0.1, 0.15) is 5.56 Å². The van der Waals surface area contributed by atoms with Crippen molar-refractivity contribution in [1.29, 1.82) is 0 Å². The van der Waals surface area contributed by atoms with Gasteiger partial charge in [-0.3, -0.25) is 4.67 Å². The van der Waals surface area contributed by atoms with E-state index in [4.69, 9.17) is 23.0 Å². The smallest absolute Gasteiger partial charge is 0.102 e. The monoisotopic (exact) mass is 233 g/mol. The number of benzene rings is 1. The molecule has 0 fully saturated rings. The fraction of sp³-hybridized carbons (Fsp3) is 0.333. The zero-order valence-electron chi connectivity index (χ0n) is 7.77. The maximum absolute atomic E-state index is 6.26. The van der Waals surface area contributed by atoms with Gasteiger partial charge in [0.15, 0.2) is 0 Å². The third kappa shape index (κ3) is 3.40. The van der Waals surface area contributed by atoms with Crippen molar-refractivity contribution in [2.75, 3.05) is 14.1 Å². The molecule has 1 rings (SSSR count). The summed E-state index contributed by atoms with van der Waals surface area (Å²) in [5.74, 6) is 0. The highest BCUT2D eigenvalue weighted by atomic mass is 35.7. The van der Waals surface area contributed by atoms with Crippen molar-refractivity contribution >= 4 is 28.6 Å². The van der Waals surface area contributed by atoms with E-state index in [2.05, 4.69) is 12.1 Å². The Morgan fingerprint density at radius 3 is 2.31 bits per heavy atom. The van der Waals surface area contributed by atoms with Crippen molar-refractivity contribution in [2.45, 2.75) is 6.16 Å². The lowest BCUT2D eigenvalue weighted by atomic mass is 10.2.